The summed E-state index contributed by atoms with van der Waals surface area (Å²) in [4.78, 5) is 32.8. The maximum absolute atomic E-state index is 15.0. The van der Waals surface area contributed by atoms with E-state index >= 15 is 4.39 Å². The number of esters is 1. The van der Waals surface area contributed by atoms with Gasteiger partial charge in [0, 0.05) is 5.56 Å². The van der Waals surface area contributed by atoms with E-state index in [1.54, 1.807) is 32.0 Å². The molecule has 2 atom stereocenters. The number of ether oxygens (including phenoxy) is 3. The van der Waals surface area contributed by atoms with E-state index in [2.05, 4.69) is 0 Å². The van der Waals surface area contributed by atoms with Crippen LogP contribution in [0.15, 0.2) is 78.4 Å². The van der Waals surface area contributed by atoms with Crippen LogP contribution in [0, 0.1) is 11.7 Å². The largest absolute Gasteiger partial charge is 0.487 e. The molecule has 1 saturated carbocycles. The van der Waals surface area contributed by atoms with Gasteiger partial charge < -0.3 is 19.0 Å². The Kier molecular flexibility index (Phi) is 9.05. The molecule has 1 fully saturated rings. The van der Waals surface area contributed by atoms with Crippen LogP contribution < -0.4 is 9.47 Å². The highest BCUT2D eigenvalue weighted by atomic mass is 19.3. The van der Waals surface area contributed by atoms with E-state index in [4.69, 9.17) is 19.0 Å². The third kappa shape index (κ3) is 6.54. The predicted molar refractivity (Wildman–Crippen MR) is 151 cm³/mol. The molecule has 0 spiro atoms. The summed E-state index contributed by atoms with van der Waals surface area (Å²) < 4.78 is 57.6. The van der Waals surface area contributed by atoms with E-state index in [0.717, 1.165) is 18.4 Å². The molecule has 7 nitrogen and oxygen atoms in total. The molecule has 0 amide bonds. The van der Waals surface area contributed by atoms with Crippen LogP contribution in [0.3, 0.4) is 0 Å². The van der Waals surface area contributed by atoms with Gasteiger partial charge in [0.2, 0.25) is 0 Å². The first-order valence-electron chi connectivity index (χ1n) is 14.1. The Labute approximate surface area is 247 Å². The van der Waals surface area contributed by atoms with Crippen LogP contribution in [0.25, 0.3) is 5.70 Å². The summed E-state index contributed by atoms with van der Waals surface area (Å²) in [6.45, 7) is 0.216. The summed E-state index contributed by atoms with van der Waals surface area (Å²) in [5.41, 5.74) is 0.546. The molecule has 0 N–H and O–H groups in total. The highest BCUT2D eigenvalue weighted by Crippen LogP contribution is 2.49. The lowest BCUT2D eigenvalue weighted by molar-refractivity contribution is -0.189. The Morgan fingerprint density at radius 1 is 1.05 bits per heavy atom. The average molecular weight is 596 g/mol. The van der Waals surface area contributed by atoms with Crippen LogP contribution >= 0.6 is 0 Å². The van der Waals surface area contributed by atoms with Gasteiger partial charge in [0.15, 0.2) is 11.5 Å². The molecule has 5 rings (SSSR count). The van der Waals surface area contributed by atoms with E-state index in [-0.39, 0.29) is 42.8 Å². The topological polar surface area (TPSA) is 74.3 Å². The van der Waals surface area contributed by atoms with Crippen molar-refractivity contribution in [3.05, 3.63) is 101 Å². The van der Waals surface area contributed by atoms with Crippen LogP contribution in [-0.2, 0) is 32.2 Å². The van der Waals surface area contributed by atoms with Crippen LogP contribution in [0.4, 0.5) is 13.2 Å². The van der Waals surface area contributed by atoms with Gasteiger partial charge in [-0.15, -0.1) is 0 Å². The Balaban J connectivity index is 1.70. The molecular weight excluding hydrogens is 563 g/mol. The normalized spacial score (nSPS) is 20.0. The number of halogens is 3. The fourth-order valence-electron chi connectivity index (χ4n) is 5.26. The number of nitrogens with zero attached hydrogens (tertiary/aromatic N) is 1. The Morgan fingerprint density at radius 3 is 2.42 bits per heavy atom. The maximum atomic E-state index is 15.0. The monoisotopic (exact) mass is 595 g/mol. The second kappa shape index (κ2) is 12.9. The summed E-state index contributed by atoms with van der Waals surface area (Å²) in [6, 6.07) is 19.7. The van der Waals surface area contributed by atoms with Gasteiger partial charge in [-0.1, -0.05) is 48.5 Å². The smallest absolute Gasteiger partial charge is 0.387 e. The summed E-state index contributed by atoms with van der Waals surface area (Å²) in [6.07, 6.45) is 1.93. The SMILES string of the molecule is CCOC(=O)C1C(Cc2ccccc2F)=C(c2ccc(OC(F)F)c(OC3CC3)c2)N(OCc2ccccc2)C1(C)C=O. The Morgan fingerprint density at radius 2 is 1.77 bits per heavy atom. The van der Waals surface area contributed by atoms with E-state index in [9.17, 15) is 18.4 Å². The van der Waals surface area contributed by atoms with Crippen molar-refractivity contribution >= 4 is 18.0 Å². The molecule has 1 heterocycles. The highest BCUT2D eigenvalue weighted by Gasteiger charge is 2.55. The minimum absolute atomic E-state index is 0.0360. The predicted octanol–water partition coefficient (Wildman–Crippen LogP) is 6.51. The van der Waals surface area contributed by atoms with Crippen molar-refractivity contribution in [2.75, 3.05) is 6.61 Å². The van der Waals surface area contributed by atoms with Gasteiger partial charge in [0.25, 0.3) is 0 Å². The highest BCUT2D eigenvalue weighted by molar-refractivity contribution is 5.92. The van der Waals surface area contributed by atoms with Gasteiger partial charge in [0.1, 0.15) is 23.6 Å². The number of alkyl halides is 2. The summed E-state index contributed by atoms with van der Waals surface area (Å²) in [5, 5.41) is 1.36. The zero-order chi connectivity index (χ0) is 30.6. The van der Waals surface area contributed by atoms with Crippen LogP contribution in [-0.4, -0.2) is 42.2 Å². The van der Waals surface area contributed by atoms with Gasteiger partial charge >= 0.3 is 12.6 Å². The third-order valence-electron chi connectivity index (χ3n) is 7.43. The Hall–Kier alpha value is -4.31. The molecule has 2 aliphatic rings. The molecule has 2 unspecified atom stereocenters. The molecule has 10 heteroatoms. The number of hydrogen-bond donors (Lipinski definition) is 0. The third-order valence-corrected chi connectivity index (χ3v) is 7.43. The molecule has 3 aromatic carbocycles. The van der Waals surface area contributed by atoms with Crippen molar-refractivity contribution in [2.45, 2.75) is 58.0 Å². The van der Waals surface area contributed by atoms with E-state index in [0.29, 0.717) is 23.1 Å². The van der Waals surface area contributed by atoms with Crippen LogP contribution in [0.2, 0.25) is 0 Å². The maximum Gasteiger partial charge on any atom is 0.387 e. The number of aldehydes is 1. The second-order valence-electron chi connectivity index (χ2n) is 10.6. The van der Waals surface area contributed by atoms with Crippen molar-refractivity contribution < 1.29 is 41.8 Å². The molecule has 43 heavy (non-hydrogen) atoms. The van der Waals surface area contributed by atoms with Crippen molar-refractivity contribution in [3.63, 3.8) is 0 Å². The first kappa shape index (κ1) is 30.2. The molecule has 1 aliphatic heterocycles. The average Bonchev–Trinajstić information content (AvgIpc) is 3.77. The summed E-state index contributed by atoms with van der Waals surface area (Å²) in [5.74, 6) is -2.43. The van der Waals surface area contributed by atoms with Crippen LogP contribution in [0.5, 0.6) is 11.5 Å². The lowest BCUT2D eigenvalue weighted by Gasteiger charge is -2.36. The standard InChI is InChI=1S/C33H32F3NO6/c1-3-40-31(39)29-25(17-22-11-7-8-12-26(22)34)30(37(33(29,2)20-38)41-19-21-9-5-4-6-10-21)23-13-16-27(43-32(35)36)28(18-23)42-24-14-15-24/h4-13,16,18,20,24,29,32H,3,14-15,17,19H2,1-2H3. The fraction of sp³-hybridized carbons (Fsp3) is 0.333. The van der Waals surface area contributed by atoms with Gasteiger partial charge in [-0.3, -0.25) is 9.63 Å². The molecule has 0 bridgehead atoms. The number of benzene rings is 3. The number of carbonyl (C=O) groups excluding carboxylic acids is 2. The minimum Gasteiger partial charge on any atom is -0.487 e. The first-order valence-corrected chi connectivity index (χ1v) is 14.1. The molecular formula is C33H32F3NO6. The minimum atomic E-state index is -3.08. The van der Waals surface area contributed by atoms with Gasteiger partial charge in [-0.25, -0.2) is 9.45 Å². The lowest BCUT2D eigenvalue weighted by atomic mass is 9.81. The second-order valence-corrected chi connectivity index (χ2v) is 10.6. The number of rotatable bonds is 13. The number of carbonyl (C=O) groups is 2. The van der Waals surface area contributed by atoms with E-state index < -0.39 is 29.9 Å². The first-order chi connectivity index (χ1) is 20.7. The number of hydroxylamine groups is 2. The van der Waals surface area contributed by atoms with Crippen molar-refractivity contribution in [1.29, 1.82) is 0 Å². The fourth-order valence-corrected chi connectivity index (χ4v) is 5.26. The van der Waals surface area contributed by atoms with Crippen molar-refractivity contribution in [2.24, 2.45) is 5.92 Å². The molecule has 226 valence electrons. The quantitative estimate of drug-likeness (QED) is 0.165. The zero-order valence-electron chi connectivity index (χ0n) is 23.8. The lowest BCUT2D eigenvalue weighted by Crippen LogP contribution is -2.50. The molecule has 0 radical (unpaired) electrons. The zero-order valence-corrected chi connectivity index (χ0v) is 23.8. The van der Waals surface area contributed by atoms with E-state index in [1.165, 1.54) is 29.3 Å². The van der Waals surface area contributed by atoms with Gasteiger partial charge in [0.05, 0.1) is 25.0 Å². The van der Waals surface area contributed by atoms with Crippen LogP contribution in [0.1, 0.15) is 43.4 Å². The van der Waals surface area contributed by atoms with Crippen molar-refractivity contribution in [3.8, 4) is 11.5 Å². The van der Waals surface area contributed by atoms with Gasteiger partial charge in [-0.2, -0.15) is 8.78 Å². The molecule has 1 aliphatic carbocycles. The Bertz CT molecular complexity index is 1490. The number of hydrogen-bond acceptors (Lipinski definition) is 7. The van der Waals surface area contributed by atoms with Gasteiger partial charge in [-0.05, 0) is 74.1 Å². The summed E-state index contributed by atoms with van der Waals surface area (Å²) >= 11 is 0. The molecule has 3 aromatic rings. The molecule has 0 aromatic heterocycles. The summed E-state index contributed by atoms with van der Waals surface area (Å²) in [7, 11) is 0. The van der Waals surface area contributed by atoms with E-state index in [1.807, 2.05) is 30.3 Å². The molecule has 0 saturated heterocycles. The van der Waals surface area contributed by atoms with Crippen molar-refractivity contribution in [1.82, 2.24) is 5.06 Å².